The molecular formula is C54H71N9O13S2. The van der Waals surface area contributed by atoms with Crippen LogP contribution >= 0.6 is 11.8 Å². The van der Waals surface area contributed by atoms with Crippen molar-refractivity contribution in [2.75, 3.05) is 70.8 Å². The third-order valence-electron chi connectivity index (χ3n) is 15.2. The number of thioether (sulfide) groups is 1. The van der Waals surface area contributed by atoms with E-state index in [2.05, 4.69) is 25.8 Å². The third kappa shape index (κ3) is 14.5. The van der Waals surface area contributed by atoms with Crippen LogP contribution in [0.4, 0.5) is 5.69 Å². The second-order valence-corrected chi connectivity index (χ2v) is 23.6. The van der Waals surface area contributed by atoms with Gasteiger partial charge in [-0.2, -0.15) is 20.2 Å². The van der Waals surface area contributed by atoms with Gasteiger partial charge in [0, 0.05) is 82.4 Å². The van der Waals surface area contributed by atoms with Crippen molar-refractivity contribution < 1.29 is 61.2 Å². The number of ketones is 1. The van der Waals surface area contributed by atoms with Gasteiger partial charge in [-0.3, -0.25) is 38.1 Å². The highest BCUT2D eigenvalue weighted by Gasteiger charge is 2.48. The summed E-state index contributed by atoms with van der Waals surface area (Å²) in [5.74, 6) is -5.83. The molecule has 422 valence electrons. The van der Waals surface area contributed by atoms with Crippen LogP contribution in [0.15, 0.2) is 72.9 Å². The Labute approximate surface area is 459 Å². The number of ether oxygens (including phenoxy) is 1. The van der Waals surface area contributed by atoms with Gasteiger partial charge in [-0.05, 0) is 93.4 Å². The highest BCUT2D eigenvalue weighted by molar-refractivity contribution is 8.00. The second kappa shape index (κ2) is 25.9. The van der Waals surface area contributed by atoms with Gasteiger partial charge in [-0.25, -0.2) is 9.78 Å². The minimum absolute atomic E-state index is 0.0289. The van der Waals surface area contributed by atoms with E-state index in [0.29, 0.717) is 29.6 Å². The van der Waals surface area contributed by atoms with Crippen molar-refractivity contribution in [1.29, 1.82) is 0 Å². The predicted molar refractivity (Wildman–Crippen MR) is 290 cm³/mol. The SMILES string of the molecule is CC[C@H]1NC(=O)[C@@H](NC(=O)c2ncccc2O)[C@@H](C)OC(=O)[C@H](c2ccccc2)NC(=O)[C@@H]2CC(=O)[C@H](CS[C@@H]3CN4CCC3CC4)CN2C(=O)[C@H](Cc2ccc(N(C)C)cc2)N(C)C(=O)[C@@H]2CCCN2C1=O.CS(=O)(=O)O. The maximum absolute atomic E-state index is 15.7. The first kappa shape index (κ1) is 59.0. The topological polar surface area (TPSA) is 286 Å². The number of fused-ring (bicyclic) bond motifs is 5. The summed E-state index contributed by atoms with van der Waals surface area (Å²) in [4.78, 5) is 130. The maximum atomic E-state index is 15.7. The number of carbonyl (C=O) groups is 8. The summed E-state index contributed by atoms with van der Waals surface area (Å²) in [6, 6.07) is 10.3. The number of anilines is 1. The number of esters is 1. The molecule has 0 spiro atoms. The smallest absolute Gasteiger partial charge is 0.333 e. The van der Waals surface area contributed by atoms with Gasteiger partial charge in [-0.1, -0.05) is 49.4 Å². The molecule has 0 aliphatic carbocycles. The number of cyclic esters (lactones) is 1. The lowest BCUT2D eigenvalue weighted by Gasteiger charge is -2.45. The third-order valence-corrected chi connectivity index (χ3v) is 16.7. The van der Waals surface area contributed by atoms with Crippen LogP contribution in [0.25, 0.3) is 0 Å². The van der Waals surface area contributed by atoms with Crippen LogP contribution in [0.5, 0.6) is 5.75 Å². The number of nitrogens with zero attached hydrogens (tertiary/aromatic N) is 6. The van der Waals surface area contributed by atoms with Crippen molar-refractivity contribution >= 4 is 74.8 Å². The molecule has 6 saturated heterocycles. The summed E-state index contributed by atoms with van der Waals surface area (Å²) in [6.07, 6.45) is 3.12. The summed E-state index contributed by atoms with van der Waals surface area (Å²) in [7, 11) is 1.66. The molecule has 0 radical (unpaired) electrons. The van der Waals surface area contributed by atoms with Gasteiger partial charge in [0.15, 0.2) is 11.7 Å². The number of aromatic hydroxyl groups is 1. The summed E-state index contributed by atoms with van der Waals surface area (Å²) >= 11 is 1.73. The number of hydrogen-bond acceptors (Lipinski definition) is 16. The number of benzene rings is 2. The average molecular weight is 1120 g/mol. The van der Waals surface area contributed by atoms with Crippen molar-refractivity contribution in [3.05, 3.63) is 89.7 Å². The molecule has 78 heavy (non-hydrogen) atoms. The van der Waals surface area contributed by atoms with E-state index in [4.69, 9.17) is 9.29 Å². The van der Waals surface area contributed by atoms with E-state index in [1.807, 2.05) is 43.3 Å². The van der Waals surface area contributed by atoms with Crippen LogP contribution in [0.3, 0.4) is 0 Å². The predicted octanol–water partition coefficient (Wildman–Crippen LogP) is 1.83. The summed E-state index contributed by atoms with van der Waals surface area (Å²) in [5, 5.41) is 18.8. The molecule has 0 saturated carbocycles. The van der Waals surface area contributed by atoms with Crippen molar-refractivity contribution in [3.8, 4) is 5.75 Å². The fourth-order valence-corrected chi connectivity index (χ4v) is 12.4. The van der Waals surface area contributed by atoms with Gasteiger partial charge in [0.25, 0.3) is 16.0 Å². The molecule has 1 aromatic heterocycles. The van der Waals surface area contributed by atoms with Crippen LogP contribution in [0.1, 0.15) is 80.0 Å². The first-order valence-electron chi connectivity index (χ1n) is 26.3. The molecule has 0 unspecified atom stereocenters. The Balaban J connectivity index is 0.00000169. The van der Waals surface area contributed by atoms with Gasteiger partial charge in [0.05, 0.1) is 6.26 Å². The van der Waals surface area contributed by atoms with Crippen LogP contribution in [0.2, 0.25) is 0 Å². The van der Waals surface area contributed by atoms with Gasteiger partial charge < -0.3 is 50.3 Å². The standard InChI is InChI=1S/C53H67N9O10S.CH4O3S/c1-6-37-50(68)61-23-11-14-38(61)51(69)59(5)40(26-32-16-18-36(19-17-32)58(3)4)52(70)62-28-35(30-73-43-29-60-24-20-33(43)21-25-60)42(64)27-39(62)47(65)57-45(34-12-8-7-9-13-34)53(71)72-31(2)44(48(66)55-37)56-49(67)46-41(63)15-10-22-54-46;1-5(2,3)4/h7-10,12-13,15-19,22,31,33,35,37-40,43-45,63H,6,11,14,20-21,23-30H2,1-5H3,(H,55,66)(H,56,67)(H,57,65);1H3,(H,2,3,4)/t31-,35+,37-,38+,39+,40+,43-,44+,45+;/m1./s1. The fraction of sp³-hybridized carbons (Fsp3) is 0.537. The molecule has 22 nitrogen and oxygen atoms in total. The molecule has 2 aromatic carbocycles. The average Bonchev–Trinajstić information content (AvgIpc) is 3.94. The maximum Gasteiger partial charge on any atom is 0.333 e. The Hall–Kier alpha value is -6.63. The lowest BCUT2D eigenvalue weighted by molar-refractivity contribution is -0.157. The van der Waals surface area contributed by atoms with E-state index in [0.717, 1.165) is 43.7 Å². The molecule has 6 amide bonds. The molecule has 9 atom stereocenters. The van der Waals surface area contributed by atoms with Crippen LogP contribution in [0, 0.1) is 11.8 Å². The zero-order valence-electron chi connectivity index (χ0n) is 44.8. The number of carbonyl (C=O) groups excluding carboxylic acids is 8. The van der Waals surface area contributed by atoms with Gasteiger partial charge >= 0.3 is 5.97 Å². The summed E-state index contributed by atoms with van der Waals surface area (Å²) in [5.41, 5.74) is 1.49. The number of rotatable bonds is 10. The highest BCUT2D eigenvalue weighted by Crippen LogP contribution is 2.37. The molecule has 9 rings (SSSR count). The van der Waals surface area contributed by atoms with Crippen molar-refractivity contribution in [1.82, 2.24) is 40.5 Å². The fourth-order valence-electron chi connectivity index (χ4n) is 10.8. The number of pyridine rings is 1. The monoisotopic (exact) mass is 1120 g/mol. The molecule has 3 aromatic rings. The van der Waals surface area contributed by atoms with Gasteiger partial charge in [-0.15, -0.1) is 0 Å². The minimum atomic E-state index is -3.67. The highest BCUT2D eigenvalue weighted by atomic mass is 32.2. The number of hydrogen-bond donors (Lipinski definition) is 5. The molecule has 24 heteroatoms. The second-order valence-electron chi connectivity index (χ2n) is 20.8. The molecule has 5 N–H and O–H groups in total. The molecular weight excluding hydrogens is 1050 g/mol. The number of amides is 6. The first-order chi connectivity index (χ1) is 37.0. The van der Waals surface area contributed by atoms with Crippen molar-refractivity contribution in [2.24, 2.45) is 11.8 Å². The molecule has 6 fully saturated rings. The number of Topliss-reactive ketones (excluding diaryl/α,β-unsaturated/α-hetero) is 1. The Kier molecular flexibility index (Phi) is 19.6. The zero-order chi connectivity index (χ0) is 56.6. The number of aromatic nitrogens is 1. The zero-order valence-corrected chi connectivity index (χ0v) is 46.4. The molecule has 6 aliphatic heterocycles. The van der Waals surface area contributed by atoms with Crippen LogP contribution in [-0.2, 0) is 54.8 Å². The lowest BCUT2D eigenvalue weighted by atomic mass is 9.88. The summed E-state index contributed by atoms with van der Waals surface area (Å²) in [6.45, 7) is 6.11. The molecule has 2 bridgehead atoms. The molecule has 6 aliphatic rings. The minimum Gasteiger partial charge on any atom is -0.505 e. The van der Waals surface area contributed by atoms with E-state index in [-0.39, 0.29) is 50.1 Å². The summed E-state index contributed by atoms with van der Waals surface area (Å²) < 4.78 is 31.8. The quantitative estimate of drug-likeness (QED) is 0.143. The Morgan fingerprint density at radius 3 is 2.15 bits per heavy atom. The van der Waals surface area contributed by atoms with Crippen molar-refractivity contribution in [3.63, 3.8) is 0 Å². The normalized spacial score (nSPS) is 28.4. The van der Waals surface area contributed by atoms with E-state index in [9.17, 15) is 37.5 Å². The Morgan fingerprint density at radius 1 is 0.859 bits per heavy atom. The van der Waals surface area contributed by atoms with Gasteiger partial charge in [0.1, 0.15) is 47.8 Å². The number of piperidine rings is 4. The largest absolute Gasteiger partial charge is 0.505 e. The van der Waals surface area contributed by atoms with E-state index in [1.165, 1.54) is 47.0 Å². The van der Waals surface area contributed by atoms with Gasteiger partial charge in [0.2, 0.25) is 29.5 Å². The number of nitrogens with one attached hydrogen (secondary N) is 3. The van der Waals surface area contributed by atoms with E-state index in [1.54, 1.807) is 49.0 Å². The van der Waals surface area contributed by atoms with Crippen LogP contribution < -0.4 is 20.9 Å². The van der Waals surface area contributed by atoms with E-state index >= 15 is 14.4 Å². The number of likely N-dealkylation sites (N-methyl/N-ethyl adjacent to an activating group) is 1. The first-order valence-corrected chi connectivity index (χ1v) is 29.2. The van der Waals surface area contributed by atoms with E-state index < -0.39 is 111 Å². The Bertz CT molecular complexity index is 2790. The molecule has 7 heterocycles. The lowest BCUT2D eigenvalue weighted by Crippen LogP contribution is -2.63. The Morgan fingerprint density at radius 2 is 1.54 bits per heavy atom. The van der Waals surface area contributed by atoms with Crippen molar-refractivity contribution in [2.45, 2.75) is 106 Å². The van der Waals surface area contributed by atoms with Crippen LogP contribution in [-0.4, -0.2) is 197 Å².